The van der Waals surface area contributed by atoms with Gasteiger partial charge in [0.15, 0.2) is 11.5 Å². The van der Waals surface area contributed by atoms with Gasteiger partial charge >= 0.3 is 12.1 Å². The summed E-state index contributed by atoms with van der Waals surface area (Å²) in [6.45, 7) is 7.69. The van der Waals surface area contributed by atoms with Crippen molar-refractivity contribution >= 4 is 11.9 Å². The number of benzene rings is 3. The smallest absolute Gasteiger partial charge is 0.416 e. The van der Waals surface area contributed by atoms with Crippen LogP contribution in [0.5, 0.6) is 17.2 Å². The molecule has 268 valence electrons. The number of piperidine rings is 1. The standard InChI is InChI=1S/C41H43F3N2O5/c1-25(2)24-46(36(48)17-12-28-10-13-29(14-11-28)41(42,43)44)32-16-15-31-33-22-30-34(50-26(3)47)23-35(49-4)38-37(30)40(31,39(32)51-38)19-21-45(33)20-18-27-8-6-5-7-9-27/h5-11,13-14,23,25,31-33,39H,15-16,18-22,24H2,1-4H3/t31-,32-,33+,39-,40-/m0/s1. The molecule has 2 fully saturated rings. The predicted octanol–water partition coefficient (Wildman–Crippen LogP) is 6.83. The van der Waals surface area contributed by atoms with Crippen molar-refractivity contribution in [1.82, 2.24) is 9.80 Å². The number of hydrogen-bond acceptors (Lipinski definition) is 6. The number of methoxy groups -OCH3 is 1. The Hall–Kier alpha value is -4.49. The molecule has 1 amide bonds. The highest BCUT2D eigenvalue weighted by Gasteiger charge is 2.67. The zero-order valence-corrected chi connectivity index (χ0v) is 29.4. The number of carbonyl (C=O) groups is 2. The van der Waals surface area contributed by atoms with E-state index in [0.29, 0.717) is 42.2 Å². The summed E-state index contributed by atoms with van der Waals surface area (Å²) < 4.78 is 58.2. The molecule has 0 N–H and O–H groups in total. The number of halogens is 3. The van der Waals surface area contributed by atoms with Gasteiger partial charge in [-0.15, -0.1) is 0 Å². The van der Waals surface area contributed by atoms with Crippen LogP contribution in [0.4, 0.5) is 13.2 Å². The minimum absolute atomic E-state index is 0.125. The van der Waals surface area contributed by atoms with E-state index in [4.69, 9.17) is 14.2 Å². The Morgan fingerprint density at radius 2 is 1.82 bits per heavy atom. The first kappa shape index (κ1) is 34.9. The molecule has 3 aromatic rings. The van der Waals surface area contributed by atoms with Crippen molar-refractivity contribution in [1.29, 1.82) is 0 Å². The van der Waals surface area contributed by atoms with Crippen molar-refractivity contribution in [2.75, 3.05) is 26.7 Å². The summed E-state index contributed by atoms with van der Waals surface area (Å²) in [5.74, 6) is 6.80. The minimum atomic E-state index is -4.45. The third-order valence-electron chi connectivity index (χ3n) is 11.2. The van der Waals surface area contributed by atoms with E-state index in [1.165, 1.54) is 24.6 Å². The Morgan fingerprint density at radius 1 is 1.08 bits per heavy atom. The molecule has 4 aliphatic rings. The predicted molar refractivity (Wildman–Crippen MR) is 186 cm³/mol. The van der Waals surface area contributed by atoms with Gasteiger partial charge in [-0.3, -0.25) is 14.5 Å². The Kier molecular flexibility index (Phi) is 9.30. The molecule has 51 heavy (non-hydrogen) atoms. The van der Waals surface area contributed by atoms with E-state index in [-0.39, 0.29) is 35.9 Å². The second-order valence-corrected chi connectivity index (χ2v) is 14.7. The Morgan fingerprint density at radius 3 is 2.49 bits per heavy atom. The normalized spacial score (nSPS) is 24.5. The van der Waals surface area contributed by atoms with Crippen molar-refractivity contribution in [3.63, 3.8) is 0 Å². The quantitative estimate of drug-likeness (QED) is 0.146. The highest BCUT2D eigenvalue weighted by atomic mass is 19.4. The van der Waals surface area contributed by atoms with Gasteiger partial charge < -0.3 is 19.1 Å². The van der Waals surface area contributed by atoms with E-state index >= 15 is 0 Å². The molecule has 2 aliphatic carbocycles. The van der Waals surface area contributed by atoms with E-state index in [9.17, 15) is 22.8 Å². The molecule has 2 heterocycles. The molecule has 1 saturated heterocycles. The molecule has 0 aromatic heterocycles. The highest BCUT2D eigenvalue weighted by Crippen LogP contribution is 2.65. The first-order chi connectivity index (χ1) is 24.4. The highest BCUT2D eigenvalue weighted by molar-refractivity contribution is 5.94. The van der Waals surface area contributed by atoms with Gasteiger partial charge in [-0.2, -0.15) is 13.2 Å². The number of nitrogens with zero attached hydrogens (tertiary/aromatic N) is 2. The maximum atomic E-state index is 14.1. The molecule has 1 saturated carbocycles. The fraction of sp³-hybridized carbons (Fsp3) is 0.463. The molecule has 2 bridgehead atoms. The van der Waals surface area contributed by atoms with Gasteiger partial charge in [0.25, 0.3) is 5.91 Å². The van der Waals surface area contributed by atoms with Crippen molar-refractivity contribution in [2.24, 2.45) is 11.8 Å². The molecule has 0 radical (unpaired) electrons. The van der Waals surface area contributed by atoms with Crippen molar-refractivity contribution in [3.05, 3.63) is 88.5 Å². The molecule has 5 atom stereocenters. The third-order valence-corrected chi connectivity index (χ3v) is 11.2. The largest absolute Gasteiger partial charge is 0.493 e. The molecule has 1 spiro atoms. The van der Waals surface area contributed by atoms with E-state index in [2.05, 4.69) is 41.0 Å². The van der Waals surface area contributed by atoms with Crippen LogP contribution >= 0.6 is 0 Å². The molecular formula is C41H43F3N2O5. The van der Waals surface area contributed by atoms with Crippen molar-refractivity contribution in [3.8, 4) is 29.1 Å². The van der Waals surface area contributed by atoms with E-state index in [1.54, 1.807) is 13.2 Å². The zero-order valence-electron chi connectivity index (χ0n) is 29.4. The second kappa shape index (κ2) is 13.6. The lowest BCUT2D eigenvalue weighted by molar-refractivity contribution is -0.138. The third kappa shape index (κ3) is 6.35. The number of likely N-dealkylation sites (tertiary alicyclic amines) is 1. The van der Waals surface area contributed by atoms with E-state index in [0.717, 1.165) is 55.6 Å². The second-order valence-electron chi connectivity index (χ2n) is 14.7. The first-order valence-electron chi connectivity index (χ1n) is 17.8. The maximum Gasteiger partial charge on any atom is 0.416 e. The molecule has 2 aliphatic heterocycles. The lowest BCUT2D eigenvalue weighted by Gasteiger charge is -2.60. The number of esters is 1. The SMILES string of the molecule is COc1cc(OC(C)=O)c2c3c1O[C@H]1[C@@H](N(CC(C)C)C(=O)C#Cc4ccc(C(F)(F)F)cc4)CC[C@H]4[C@@H](C2)N(CCc2ccccc2)CC[C@@]341. The molecule has 0 unspecified atom stereocenters. The summed E-state index contributed by atoms with van der Waals surface area (Å²) in [7, 11) is 1.58. The monoisotopic (exact) mass is 700 g/mol. The van der Waals surface area contributed by atoms with Gasteiger partial charge in [-0.1, -0.05) is 50.1 Å². The van der Waals surface area contributed by atoms with Crippen LogP contribution in [0.15, 0.2) is 60.7 Å². The van der Waals surface area contributed by atoms with Crippen LogP contribution in [0.1, 0.15) is 67.9 Å². The Bertz CT molecular complexity index is 1870. The van der Waals surface area contributed by atoms with Gasteiger partial charge in [-0.25, -0.2) is 0 Å². The number of alkyl halides is 3. The summed E-state index contributed by atoms with van der Waals surface area (Å²) in [5.41, 5.74) is 2.42. The summed E-state index contributed by atoms with van der Waals surface area (Å²) in [6.07, 6.45) is -0.827. The molecule has 7 rings (SSSR count). The van der Waals surface area contributed by atoms with Crippen molar-refractivity contribution in [2.45, 2.75) is 82.7 Å². The molecule has 7 nitrogen and oxygen atoms in total. The topological polar surface area (TPSA) is 68.3 Å². The van der Waals surface area contributed by atoms with Gasteiger partial charge in [0.05, 0.1) is 18.7 Å². The fourth-order valence-electron chi connectivity index (χ4n) is 9.25. The first-order valence-corrected chi connectivity index (χ1v) is 17.8. The molecular weight excluding hydrogens is 657 g/mol. The summed E-state index contributed by atoms with van der Waals surface area (Å²) in [4.78, 5) is 30.9. The van der Waals surface area contributed by atoms with Crippen molar-refractivity contribution < 1.29 is 37.0 Å². The number of amides is 1. The maximum absolute atomic E-state index is 14.1. The van der Waals surface area contributed by atoms with E-state index < -0.39 is 23.1 Å². The summed E-state index contributed by atoms with van der Waals surface area (Å²) in [5, 5.41) is 0. The number of hydrogen-bond donors (Lipinski definition) is 0. The lowest BCUT2D eigenvalue weighted by atomic mass is 9.50. The van der Waals surface area contributed by atoms with Crippen LogP contribution in [-0.2, 0) is 34.0 Å². The van der Waals surface area contributed by atoms with Crippen LogP contribution < -0.4 is 14.2 Å². The van der Waals surface area contributed by atoms with Gasteiger partial charge in [0.2, 0.25) is 0 Å². The van der Waals surface area contributed by atoms with Gasteiger partial charge in [0, 0.05) is 60.1 Å². The zero-order chi connectivity index (χ0) is 36.1. The Labute approximate surface area is 297 Å². The van der Waals surface area contributed by atoms with Crippen LogP contribution in [-0.4, -0.2) is 66.6 Å². The molecule has 3 aromatic carbocycles. The average molecular weight is 701 g/mol. The average Bonchev–Trinajstić information content (AvgIpc) is 3.44. The fourth-order valence-corrected chi connectivity index (χ4v) is 9.25. The van der Waals surface area contributed by atoms with E-state index in [1.807, 2.05) is 24.8 Å². The minimum Gasteiger partial charge on any atom is -0.493 e. The van der Waals surface area contributed by atoms with Gasteiger partial charge in [0.1, 0.15) is 11.9 Å². The van der Waals surface area contributed by atoms with Crippen LogP contribution in [0.3, 0.4) is 0 Å². The summed E-state index contributed by atoms with van der Waals surface area (Å²) in [6, 6.07) is 16.6. The van der Waals surface area contributed by atoms with Crippen LogP contribution in [0.2, 0.25) is 0 Å². The number of rotatable bonds is 8. The Balaban J connectivity index is 1.26. The van der Waals surface area contributed by atoms with Gasteiger partial charge in [-0.05, 0) is 80.3 Å². The lowest BCUT2D eigenvalue weighted by Crippen LogP contribution is -2.69. The summed E-state index contributed by atoms with van der Waals surface area (Å²) >= 11 is 0. The number of ether oxygens (including phenoxy) is 3. The van der Waals surface area contributed by atoms with Crippen LogP contribution in [0.25, 0.3) is 0 Å². The molecule has 10 heteroatoms. The number of carbonyl (C=O) groups excluding carboxylic acids is 2. The van der Waals surface area contributed by atoms with Crippen LogP contribution in [0, 0.1) is 23.7 Å².